The van der Waals surface area contributed by atoms with Crippen molar-refractivity contribution in [3.8, 4) is 6.07 Å². The average molecular weight is 406 g/mol. The second-order valence-corrected chi connectivity index (χ2v) is 7.32. The predicted octanol–water partition coefficient (Wildman–Crippen LogP) is 5.05. The summed E-state index contributed by atoms with van der Waals surface area (Å²) in [6.45, 7) is 4.92. The fraction of sp³-hybridized carbons (Fsp3) is 0.182. The van der Waals surface area contributed by atoms with Crippen LogP contribution in [0.15, 0.2) is 61.2 Å². The maximum absolute atomic E-state index is 12.6. The largest absolute Gasteiger partial charge is 0.337 e. The molecule has 29 heavy (non-hydrogen) atoms. The molecule has 6 nitrogen and oxygen atoms in total. The molecule has 0 unspecified atom stereocenters. The summed E-state index contributed by atoms with van der Waals surface area (Å²) in [6, 6.07) is 13.9. The van der Waals surface area contributed by atoms with Crippen LogP contribution >= 0.6 is 11.6 Å². The highest BCUT2D eigenvalue weighted by molar-refractivity contribution is 6.33. The zero-order valence-corrected chi connectivity index (χ0v) is 16.9. The van der Waals surface area contributed by atoms with Gasteiger partial charge in [0.1, 0.15) is 6.33 Å². The van der Waals surface area contributed by atoms with E-state index in [0.717, 1.165) is 11.4 Å². The van der Waals surface area contributed by atoms with E-state index in [1.54, 1.807) is 48.8 Å². The third-order valence-corrected chi connectivity index (χ3v) is 4.47. The molecule has 0 aliphatic rings. The number of hydrogen-bond acceptors (Lipinski definition) is 5. The van der Waals surface area contributed by atoms with Crippen molar-refractivity contribution >= 4 is 34.6 Å². The number of carbonyl (C=O) groups is 1. The molecule has 0 saturated carbocycles. The second kappa shape index (κ2) is 9.18. The molecule has 0 aliphatic heterocycles. The van der Waals surface area contributed by atoms with E-state index in [0.29, 0.717) is 34.3 Å². The van der Waals surface area contributed by atoms with Crippen LogP contribution < -0.4 is 10.2 Å². The molecular weight excluding hydrogens is 386 g/mol. The normalized spacial score (nSPS) is 10.4. The minimum Gasteiger partial charge on any atom is -0.337 e. The van der Waals surface area contributed by atoms with Crippen molar-refractivity contribution in [1.82, 2.24) is 9.97 Å². The van der Waals surface area contributed by atoms with Crippen molar-refractivity contribution in [2.24, 2.45) is 5.92 Å². The van der Waals surface area contributed by atoms with Crippen molar-refractivity contribution in [1.29, 1.82) is 5.26 Å². The third-order valence-electron chi connectivity index (χ3n) is 4.16. The Morgan fingerprint density at radius 2 is 1.97 bits per heavy atom. The smallest absolute Gasteiger partial charge is 0.255 e. The molecule has 146 valence electrons. The van der Waals surface area contributed by atoms with E-state index in [1.165, 1.54) is 6.33 Å². The first-order chi connectivity index (χ1) is 14.0. The first-order valence-electron chi connectivity index (χ1n) is 9.11. The van der Waals surface area contributed by atoms with Crippen LogP contribution in [-0.2, 0) is 0 Å². The lowest BCUT2D eigenvalue weighted by Gasteiger charge is -2.27. The third kappa shape index (κ3) is 5.09. The number of anilines is 3. The Bertz CT molecular complexity index is 1050. The molecule has 0 bridgehead atoms. The van der Waals surface area contributed by atoms with Gasteiger partial charge in [0.15, 0.2) is 0 Å². The molecule has 0 aliphatic carbocycles. The number of hydrogen-bond donors (Lipinski definition) is 1. The van der Waals surface area contributed by atoms with E-state index < -0.39 is 0 Å². The van der Waals surface area contributed by atoms with Gasteiger partial charge < -0.3 is 10.2 Å². The zero-order valence-electron chi connectivity index (χ0n) is 16.1. The summed E-state index contributed by atoms with van der Waals surface area (Å²) in [6.07, 6.45) is 4.93. The van der Waals surface area contributed by atoms with Crippen LogP contribution in [0.4, 0.5) is 17.1 Å². The van der Waals surface area contributed by atoms with Crippen LogP contribution in [0.2, 0.25) is 5.02 Å². The van der Waals surface area contributed by atoms with Crippen LogP contribution in [0.5, 0.6) is 0 Å². The van der Waals surface area contributed by atoms with Gasteiger partial charge in [-0.15, -0.1) is 0 Å². The number of aromatic nitrogens is 2. The summed E-state index contributed by atoms with van der Waals surface area (Å²) in [4.78, 5) is 22.8. The van der Waals surface area contributed by atoms with Crippen molar-refractivity contribution in [2.75, 3.05) is 16.8 Å². The van der Waals surface area contributed by atoms with E-state index in [1.807, 2.05) is 17.0 Å². The number of nitrogens with zero attached hydrogens (tertiary/aromatic N) is 4. The Hall–Kier alpha value is -3.43. The Kier molecular flexibility index (Phi) is 6.43. The lowest BCUT2D eigenvalue weighted by atomic mass is 10.1. The van der Waals surface area contributed by atoms with Crippen LogP contribution in [0.25, 0.3) is 0 Å². The number of halogens is 1. The molecule has 0 radical (unpaired) electrons. The molecule has 1 heterocycles. The summed E-state index contributed by atoms with van der Waals surface area (Å²) in [5.41, 5.74) is 3.01. The molecule has 0 atom stereocenters. The van der Waals surface area contributed by atoms with Gasteiger partial charge in [0.2, 0.25) is 0 Å². The van der Waals surface area contributed by atoms with Gasteiger partial charge in [-0.3, -0.25) is 4.79 Å². The Balaban J connectivity index is 1.92. The Morgan fingerprint density at radius 1 is 1.21 bits per heavy atom. The first kappa shape index (κ1) is 20.3. The van der Waals surface area contributed by atoms with Crippen LogP contribution in [0.1, 0.15) is 29.8 Å². The molecular formula is C22H20ClN5O. The highest BCUT2D eigenvalue weighted by atomic mass is 35.5. The predicted molar refractivity (Wildman–Crippen MR) is 114 cm³/mol. The number of benzene rings is 2. The van der Waals surface area contributed by atoms with Crippen molar-refractivity contribution < 1.29 is 4.79 Å². The molecule has 0 spiro atoms. The second-order valence-electron chi connectivity index (χ2n) is 6.91. The SMILES string of the molecule is CC(C)CN(c1cncnc1)c1cc(NC(=O)c2cccc(C#N)c2)ccc1Cl. The van der Waals surface area contributed by atoms with Gasteiger partial charge in [-0.25, -0.2) is 9.97 Å². The highest BCUT2D eigenvalue weighted by Crippen LogP contribution is 2.34. The summed E-state index contributed by atoms with van der Waals surface area (Å²) in [5, 5.41) is 12.5. The molecule has 0 fully saturated rings. The fourth-order valence-corrected chi connectivity index (χ4v) is 3.09. The molecule has 1 amide bonds. The van der Waals surface area contributed by atoms with E-state index in [9.17, 15) is 4.79 Å². The topological polar surface area (TPSA) is 81.9 Å². The molecule has 7 heteroatoms. The lowest BCUT2D eigenvalue weighted by molar-refractivity contribution is 0.102. The summed E-state index contributed by atoms with van der Waals surface area (Å²) in [7, 11) is 0. The summed E-state index contributed by atoms with van der Waals surface area (Å²) >= 11 is 6.49. The van der Waals surface area contributed by atoms with Gasteiger partial charge in [-0.05, 0) is 42.3 Å². The quantitative estimate of drug-likeness (QED) is 0.620. The molecule has 0 saturated heterocycles. The standard InChI is InChI=1S/C22H20ClN5O/c1-15(2)13-28(19-11-25-14-26-12-19)21-9-18(6-7-20(21)23)27-22(29)17-5-3-4-16(8-17)10-24/h3-9,11-12,14-15H,13H2,1-2H3,(H,27,29). The average Bonchev–Trinajstić information content (AvgIpc) is 2.74. The van der Waals surface area contributed by atoms with Crippen LogP contribution in [0.3, 0.4) is 0 Å². The number of carbonyl (C=O) groups excluding carboxylic acids is 1. The van der Waals surface area contributed by atoms with E-state index in [2.05, 4.69) is 29.1 Å². The Labute approximate surface area is 174 Å². The van der Waals surface area contributed by atoms with Gasteiger partial charge in [-0.2, -0.15) is 5.26 Å². The van der Waals surface area contributed by atoms with Gasteiger partial charge in [0, 0.05) is 17.8 Å². The molecule has 3 aromatic rings. The number of nitrogens with one attached hydrogen (secondary N) is 1. The summed E-state index contributed by atoms with van der Waals surface area (Å²) < 4.78 is 0. The summed E-state index contributed by atoms with van der Waals surface area (Å²) in [5.74, 6) is 0.0621. The maximum atomic E-state index is 12.6. The lowest BCUT2D eigenvalue weighted by Crippen LogP contribution is -2.23. The number of rotatable bonds is 6. The first-order valence-corrected chi connectivity index (χ1v) is 9.49. The van der Waals surface area contributed by atoms with Gasteiger partial charge in [0.05, 0.1) is 40.4 Å². The van der Waals surface area contributed by atoms with Crippen LogP contribution in [0, 0.1) is 17.2 Å². The zero-order chi connectivity index (χ0) is 20.8. The van der Waals surface area contributed by atoms with Crippen molar-refractivity contribution in [3.05, 3.63) is 77.3 Å². The Morgan fingerprint density at radius 3 is 2.66 bits per heavy atom. The van der Waals surface area contributed by atoms with Crippen LogP contribution in [-0.4, -0.2) is 22.4 Å². The number of amides is 1. The van der Waals surface area contributed by atoms with E-state index in [4.69, 9.17) is 16.9 Å². The van der Waals surface area contributed by atoms with Crippen molar-refractivity contribution in [3.63, 3.8) is 0 Å². The minimum atomic E-state index is -0.297. The molecule has 2 aromatic carbocycles. The highest BCUT2D eigenvalue weighted by Gasteiger charge is 2.16. The molecule has 1 N–H and O–H groups in total. The van der Waals surface area contributed by atoms with E-state index in [-0.39, 0.29) is 5.91 Å². The monoisotopic (exact) mass is 405 g/mol. The minimum absolute atomic E-state index is 0.297. The fourth-order valence-electron chi connectivity index (χ4n) is 2.87. The maximum Gasteiger partial charge on any atom is 0.255 e. The van der Waals surface area contributed by atoms with Crippen molar-refractivity contribution in [2.45, 2.75) is 13.8 Å². The van der Waals surface area contributed by atoms with Gasteiger partial charge in [-0.1, -0.05) is 31.5 Å². The molecule has 3 rings (SSSR count). The van der Waals surface area contributed by atoms with Gasteiger partial charge in [0.25, 0.3) is 5.91 Å². The molecule has 1 aromatic heterocycles. The number of nitriles is 1. The van der Waals surface area contributed by atoms with E-state index >= 15 is 0 Å². The van der Waals surface area contributed by atoms with Gasteiger partial charge >= 0.3 is 0 Å².